The number of rotatable bonds is 4. The second-order valence-corrected chi connectivity index (χ2v) is 5.95. The van der Waals surface area contributed by atoms with Gasteiger partial charge in [-0.25, -0.2) is 13.2 Å². The third-order valence-corrected chi connectivity index (χ3v) is 3.96. The molecule has 0 spiro atoms. The van der Waals surface area contributed by atoms with E-state index in [0.717, 1.165) is 6.20 Å². The monoisotopic (exact) mass is 312 g/mol. The van der Waals surface area contributed by atoms with Gasteiger partial charge in [0.05, 0.1) is 22.3 Å². The van der Waals surface area contributed by atoms with Crippen molar-refractivity contribution in [2.24, 2.45) is 0 Å². The van der Waals surface area contributed by atoms with Crippen molar-refractivity contribution in [2.75, 3.05) is 4.72 Å². The molecular formula is C12H9ClN2O4S. The van der Waals surface area contributed by atoms with Gasteiger partial charge in [0.2, 0.25) is 0 Å². The van der Waals surface area contributed by atoms with Gasteiger partial charge in [-0.3, -0.25) is 9.71 Å². The standard InChI is InChI=1S/C12H9ClN2O4S/c13-9-2-1-3-11(5-9)20(18,19)15-10-4-8(12(16)17)6-14-7-10/h1-7,15H,(H,16,17). The second kappa shape index (κ2) is 5.48. The van der Waals surface area contributed by atoms with Gasteiger partial charge in [0.15, 0.2) is 0 Å². The molecule has 0 aliphatic rings. The van der Waals surface area contributed by atoms with Gasteiger partial charge in [-0.2, -0.15) is 0 Å². The van der Waals surface area contributed by atoms with Crippen molar-refractivity contribution in [3.05, 3.63) is 53.3 Å². The number of anilines is 1. The van der Waals surface area contributed by atoms with E-state index in [0.29, 0.717) is 0 Å². The number of aromatic nitrogens is 1. The largest absolute Gasteiger partial charge is 0.478 e. The second-order valence-electron chi connectivity index (χ2n) is 3.83. The zero-order valence-corrected chi connectivity index (χ0v) is 11.5. The number of carbonyl (C=O) groups is 1. The summed E-state index contributed by atoms with van der Waals surface area (Å²) in [5.74, 6) is -1.19. The quantitative estimate of drug-likeness (QED) is 0.902. The Kier molecular flexibility index (Phi) is 3.91. The maximum Gasteiger partial charge on any atom is 0.337 e. The van der Waals surface area contributed by atoms with Crippen LogP contribution >= 0.6 is 11.6 Å². The number of hydrogen-bond donors (Lipinski definition) is 2. The van der Waals surface area contributed by atoms with Crippen LogP contribution in [0.2, 0.25) is 5.02 Å². The fourth-order valence-corrected chi connectivity index (χ4v) is 2.80. The lowest BCUT2D eigenvalue weighted by molar-refractivity contribution is 0.0696. The predicted molar refractivity (Wildman–Crippen MR) is 73.5 cm³/mol. The van der Waals surface area contributed by atoms with E-state index in [1.165, 1.54) is 30.5 Å². The van der Waals surface area contributed by atoms with Gasteiger partial charge in [0.1, 0.15) is 0 Å². The molecule has 1 aromatic carbocycles. The fourth-order valence-electron chi connectivity index (χ4n) is 1.46. The highest BCUT2D eigenvalue weighted by molar-refractivity contribution is 7.92. The minimum atomic E-state index is -3.85. The van der Waals surface area contributed by atoms with E-state index in [-0.39, 0.29) is 21.2 Å². The molecule has 0 aliphatic heterocycles. The number of pyridine rings is 1. The lowest BCUT2D eigenvalue weighted by Crippen LogP contribution is -2.13. The Morgan fingerprint density at radius 2 is 2.00 bits per heavy atom. The van der Waals surface area contributed by atoms with E-state index in [4.69, 9.17) is 16.7 Å². The van der Waals surface area contributed by atoms with E-state index < -0.39 is 16.0 Å². The average Bonchev–Trinajstić information content (AvgIpc) is 2.38. The van der Waals surface area contributed by atoms with Crippen LogP contribution in [0.5, 0.6) is 0 Å². The number of carboxylic acids is 1. The first kappa shape index (κ1) is 14.3. The molecule has 0 bridgehead atoms. The third-order valence-electron chi connectivity index (χ3n) is 2.34. The molecule has 0 unspecified atom stereocenters. The van der Waals surface area contributed by atoms with E-state index in [2.05, 4.69) is 9.71 Å². The van der Waals surface area contributed by atoms with Crippen molar-refractivity contribution in [2.45, 2.75) is 4.90 Å². The number of halogens is 1. The van der Waals surface area contributed by atoms with Gasteiger partial charge in [0.25, 0.3) is 10.0 Å². The summed E-state index contributed by atoms with van der Waals surface area (Å²) in [6, 6.07) is 6.90. The van der Waals surface area contributed by atoms with Gasteiger partial charge in [-0.05, 0) is 24.3 Å². The Balaban J connectivity index is 2.33. The number of hydrogen-bond acceptors (Lipinski definition) is 4. The molecule has 6 nitrogen and oxygen atoms in total. The van der Waals surface area contributed by atoms with Crippen molar-refractivity contribution in [1.82, 2.24) is 4.98 Å². The highest BCUT2D eigenvalue weighted by atomic mass is 35.5. The van der Waals surface area contributed by atoms with Gasteiger partial charge in [-0.15, -0.1) is 0 Å². The first-order valence-corrected chi connectivity index (χ1v) is 7.21. The summed E-state index contributed by atoms with van der Waals surface area (Å²) < 4.78 is 26.4. The molecule has 8 heteroatoms. The summed E-state index contributed by atoms with van der Waals surface area (Å²) in [6.45, 7) is 0. The van der Waals surface area contributed by atoms with Crippen LogP contribution in [0.3, 0.4) is 0 Å². The molecule has 0 fully saturated rings. The summed E-state index contributed by atoms with van der Waals surface area (Å²) >= 11 is 5.74. The van der Waals surface area contributed by atoms with Crippen LogP contribution in [0.25, 0.3) is 0 Å². The molecule has 0 aliphatic carbocycles. The summed E-state index contributed by atoms with van der Waals surface area (Å²) in [5.41, 5.74) is -0.0545. The summed E-state index contributed by atoms with van der Waals surface area (Å²) in [4.78, 5) is 14.4. The number of nitrogens with zero attached hydrogens (tertiary/aromatic N) is 1. The van der Waals surface area contributed by atoms with Crippen LogP contribution in [0.15, 0.2) is 47.6 Å². The highest BCUT2D eigenvalue weighted by Crippen LogP contribution is 2.19. The molecule has 0 saturated carbocycles. The lowest BCUT2D eigenvalue weighted by Gasteiger charge is -2.08. The van der Waals surface area contributed by atoms with Gasteiger partial charge in [-0.1, -0.05) is 17.7 Å². The van der Waals surface area contributed by atoms with E-state index in [9.17, 15) is 13.2 Å². The van der Waals surface area contributed by atoms with Crippen LogP contribution in [0, 0.1) is 0 Å². The van der Waals surface area contributed by atoms with E-state index in [1.807, 2.05) is 0 Å². The van der Waals surface area contributed by atoms with Crippen molar-refractivity contribution in [3.8, 4) is 0 Å². The number of benzene rings is 1. The SMILES string of the molecule is O=C(O)c1cncc(NS(=O)(=O)c2cccc(Cl)c2)c1. The maximum absolute atomic E-state index is 12.1. The van der Waals surface area contributed by atoms with Crippen LogP contribution < -0.4 is 4.72 Å². The Bertz CT molecular complexity index is 762. The van der Waals surface area contributed by atoms with Gasteiger partial charge in [0, 0.05) is 11.2 Å². The summed E-state index contributed by atoms with van der Waals surface area (Å²) in [7, 11) is -3.85. The van der Waals surface area contributed by atoms with Crippen molar-refractivity contribution >= 4 is 33.3 Å². The van der Waals surface area contributed by atoms with Crippen molar-refractivity contribution in [3.63, 3.8) is 0 Å². The van der Waals surface area contributed by atoms with Crippen LogP contribution in [0.1, 0.15) is 10.4 Å². The zero-order chi connectivity index (χ0) is 14.8. The maximum atomic E-state index is 12.1. The average molecular weight is 313 g/mol. The zero-order valence-electron chi connectivity index (χ0n) is 9.95. The number of nitrogens with one attached hydrogen (secondary N) is 1. The van der Waals surface area contributed by atoms with E-state index >= 15 is 0 Å². The molecule has 2 N–H and O–H groups in total. The summed E-state index contributed by atoms with van der Waals surface area (Å²) in [6.07, 6.45) is 2.34. The number of aromatic carboxylic acids is 1. The number of carboxylic acid groups (broad SMARTS) is 1. The van der Waals surface area contributed by atoms with Crippen LogP contribution in [-0.2, 0) is 10.0 Å². The highest BCUT2D eigenvalue weighted by Gasteiger charge is 2.15. The first-order chi connectivity index (χ1) is 9.38. The van der Waals surface area contributed by atoms with Gasteiger partial charge >= 0.3 is 5.97 Å². The van der Waals surface area contributed by atoms with Crippen LogP contribution in [0.4, 0.5) is 5.69 Å². The molecule has 2 rings (SSSR count). The predicted octanol–water partition coefficient (Wildman–Crippen LogP) is 2.23. The van der Waals surface area contributed by atoms with Crippen molar-refractivity contribution < 1.29 is 18.3 Å². The van der Waals surface area contributed by atoms with Crippen LogP contribution in [-0.4, -0.2) is 24.5 Å². The molecule has 0 saturated heterocycles. The van der Waals surface area contributed by atoms with Gasteiger partial charge < -0.3 is 5.11 Å². The molecule has 2 aromatic rings. The molecule has 104 valence electrons. The lowest BCUT2D eigenvalue weighted by atomic mass is 10.3. The Morgan fingerprint density at radius 1 is 1.25 bits per heavy atom. The Hall–Kier alpha value is -2.12. The topological polar surface area (TPSA) is 96.4 Å². The normalized spacial score (nSPS) is 11.1. The number of sulfonamides is 1. The molecule has 0 atom stereocenters. The van der Waals surface area contributed by atoms with Crippen molar-refractivity contribution in [1.29, 1.82) is 0 Å². The molecule has 0 amide bonds. The van der Waals surface area contributed by atoms with E-state index in [1.54, 1.807) is 6.07 Å². The minimum Gasteiger partial charge on any atom is -0.478 e. The fraction of sp³-hybridized carbons (Fsp3) is 0. The molecule has 1 heterocycles. The third kappa shape index (κ3) is 3.25. The summed E-state index contributed by atoms with van der Waals surface area (Å²) in [5, 5.41) is 9.11. The smallest absolute Gasteiger partial charge is 0.337 e. The molecular weight excluding hydrogens is 304 g/mol. The molecule has 1 aromatic heterocycles. The Labute approximate surface area is 120 Å². The molecule has 20 heavy (non-hydrogen) atoms. The Morgan fingerprint density at radius 3 is 2.65 bits per heavy atom. The molecule has 0 radical (unpaired) electrons. The minimum absolute atomic E-state index is 0.0225. The first-order valence-electron chi connectivity index (χ1n) is 5.35.